The fourth-order valence-corrected chi connectivity index (χ4v) is 2.97. The third kappa shape index (κ3) is 4.37. The average molecular weight is 329 g/mol. The van der Waals surface area contributed by atoms with Gasteiger partial charge >= 0.3 is 0 Å². The predicted molar refractivity (Wildman–Crippen MR) is 87.0 cm³/mol. The molecule has 0 unspecified atom stereocenters. The summed E-state index contributed by atoms with van der Waals surface area (Å²) >= 11 is 1.28. The lowest BCUT2D eigenvalue weighted by atomic mass is 9.99. The van der Waals surface area contributed by atoms with Gasteiger partial charge in [-0.15, -0.1) is 0 Å². The summed E-state index contributed by atoms with van der Waals surface area (Å²) < 4.78 is 5.83. The van der Waals surface area contributed by atoms with Gasteiger partial charge in [-0.2, -0.15) is 10.2 Å². The van der Waals surface area contributed by atoms with Gasteiger partial charge in [0.15, 0.2) is 5.13 Å². The summed E-state index contributed by atoms with van der Waals surface area (Å²) in [5.41, 5.74) is 0. The van der Waals surface area contributed by atoms with E-state index in [1.165, 1.54) is 17.5 Å². The number of piperidine rings is 1. The summed E-state index contributed by atoms with van der Waals surface area (Å²) in [6, 6.07) is 3.82. The standard InChI is InChI=1S/C15H17N6OS/c1-10-19-13(21-15-18-8-12(7-16)23-15)6-14(20-10)22-9-11-2-4-17-5-3-11/h6,8,11H,2-5,9H2,1H3,(H,18,19,20,21). The zero-order chi connectivity index (χ0) is 16.1. The van der Waals surface area contributed by atoms with Gasteiger partial charge in [-0.1, -0.05) is 11.3 Å². The number of anilines is 2. The van der Waals surface area contributed by atoms with E-state index in [0.29, 0.717) is 40.1 Å². The fourth-order valence-electron chi connectivity index (χ4n) is 2.35. The normalized spacial score (nSPS) is 15.1. The number of thiazole rings is 1. The molecule has 7 nitrogen and oxygen atoms in total. The van der Waals surface area contributed by atoms with Gasteiger partial charge in [0.2, 0.25) is 5.88 Å². The Kier molecular flexibility index (Phi) is 5.00. The molecular weight excluding hydrogens is 312 g/mol. The van der Waals surface area contributed by atoms with Crippen molar-refractivity contribution in [3.8, 4) is 11.9 Å². The van der Waals surface area contributed by atoms with Gasteiger partial charge in [-0.25, -0.2) is 15.3 Å². The quantitative estimate of drug-likeness (QED) is 0.903. The first-order valence-electron chi connectivity index (χ1n) is 7.47. The first-order chi connectivity index (χ1) is 11.2. The molecule has 0 aliphatic carbocycles. The highest BCUT2D eigenvalue weighted by Crippen LogP contribution is 2.23. The zero-order valence-corrected chi connectivity index (χ0v) is 13.6. The monoisotopic (exact) mass is 329 g/mol. The molecule has 0 spiro atoms. The van der Waals surface area contributed by atoms with Gasteiger partial charge in [0.25, 0.3) is 0 Å². The maximum Gasteiger partial charge on any atom is 0.218 e. The molecule has 119 valence electrons. The maximum absolute atomic E-state index is 8.84. The number of aryl methyl sites for hydroxylation is 1. The highest BCUT2D eigenvalue weighted by atomic mass is 32.1. The first-order valence-corrected chi connectivity index (χ1v) is 8.29. The molecule has 2 aromatic heterocycles. The van der Waals surface area contributed by atoms with Crippen LogP contribution in [0.25, 0.3) is 0 Å². The second-order valence-electron chi connectivity index (χ2n) is 5.33. The van der Waals surface area contributed by atoms with Gasteiger partial charge in [0, 0.05) is 19.2 Å². The summed E-state index contributed by atoms with van der Waals surface area (Å²) in [4.78, 5) is 13.3. The Morgan fingerprint density at radius 1 is 1.39 bits per heavy atom. The molecule has 0 aromatic carbocycles. The van der Waals surface area contributed by atoms with Gasteiger partial charge in [0.1, 0.15) is 22.6 Å². The Bertz CT molecular complexity index is 704. The molecule has 8 heteroatoms. The van der Waals surface area contributed by atoms with Crippen molar-refractivity contribution in [2.45, 2.75) is 19.8 Å². The molecule has 23 heavy (non-hydrogen) atoms. The van der Waals surface area contributed by atoms with E-state index in [0.717, 1.165) is 25.9 Å². The third-order valence-electron chi connectivity index (χ3n) is 3.52. The molecule has 1 aliphatic heterocycles. The first kappa shape index (κ1) is 15.6. The maximum atomic E-state index is 8.84. The lowest BCUT2D eigenvalue weighted by molar-refractivity contribution is 0.207. The predicted octanol–water partition coefficient (Wildman–Crippen LogP) is 2.25. The van der Waals surface area contributed by atoms with Crippen LogP contribution in [0.1, 0.15) is 23.5 Å². The molecule has 0 atom stereocenters. The molecule has 3 rings (SSSR count). The Morgan fingerprint density at radius 2 is 2.22 bits per heavy atom. The fraction of sp³-hybridized carbons (Fsp3) is 0.467. The number of nitrogens with zero attached hydrogens (tertiary/aromatic N) is 5. The molecule has 3 heterocycles. The molecule has 1 saturated heterocycles. The van der Waals surface area contributed by atoms with Crippen LogP contribution >= 0.6 is 11.3 Å². The highest BCUT2D eigenvalue weighted by molar-refractivity contribution is 7.16. The van der Waals surface area contributed by atoms with E-state index in [1.54, 1.807) is 6.07 Å². The Hall–Kier alpha value is -2.24. The SMILES string of the molecule is Cc1nc(Nc2ncc(C#N)s2)cc(OCC2CC[N]CC2)n1. The van der Waals surface area contributed by atoms with Crippen molar-refractivity contribution in [2.24, 2.45) is 5.92 Å². The van der Waals surface area contributed by atoms with Crippen molar-refractivity contribution in [2.75, 3.05) is 25.0 Å². The minimum atomic E-state index is 0.538. The molecule has 1 fully saturated rings. The van der Waals surface area contributed by atoms with Crippen molar-refractivity contribution >= 4 is 22.3 Å². The van der Waals surface area contributed by atoms with Crippen LogP contribution in [0.5, 0.6) is 5.88 Å². The number of ether oxygens (including phenoxy) is 1. The zero-order valence-electron chi connectivity index (χ0n) is 12.8. The van der Waals surface area contributed by atoms with E-state index in [1.807, 2.05) is 6.92 Å². The molecule has 1 aliphatic rings. The van der Waals surface area contributed by atoms with Crippen LogP contribution < -0.4 is 15.4 Å². The average Bonchev–Trinajstić information content (AvgIpc) is 3.01. The Balaban J connectivity index is 1.64. The van der Waals surface area contributed by atoms with Crippen molar-refractivity contribution < 1.29 is 4.74 Å². The van der Waals surface area contributed by atoms with Crippen molar-refractivity contribution in [1.29, 1.82) is 5.26 Å². The van der Waals surface area contributed by atoms with E-state index in [2.05, 4.69) is 31.7 Å². The second kappa shape index (κ2) is 7.35. The van der Waals surface area contributed by atoms with E-state index < -0.39 is 0 Å². The Labute approximate surface area is 138 Å². The van der Waals surface area contributed by atoms with Crippen molar-refractivity contribution in [3.05, 3.63) is 23.0 Å². The van der Waals surface area contributed by atoms with Crippen LogP contribution in [0, 0.1) is 24.2 Å². The van der Waals surface area contributed by atoms with Crippen LogP contribution in [-0.4, -0.2) is 34.6 Å². The molecular formula is C15H17N6OS. The van der Waals surface area contributed by atoms with Crippen LogP contribution in [0.15, 0.2) is 12.3 Å². The van der Waals surface area contributed by atoms with E-state index >= 15 is 0 Å². The summed E-state index contributed by atoms with van der Waals surface area (Å²) in [6.45, 7) is 4.32. The minimum absolute atomic E-state index is 0.538. The molecule has 1 N–H and O–H groups in total. The summed E-state index contributed by atoms with van der Waals surface area (Å²) in [6.07, 6.45) is 3.68. The van der Waals surface area contributed by atoms with Gasteiger partial charge in [-0.3, -0.25) is 0 Å². The topological polar surface area (TPSA) is 97.8 Å². The van der Waals surface area contributed by atoms with Gasteiger partial charge < -0.3 is 10.1 Å². The number of aromatic nitrogens is 3. The summed E-state index contributed by atoms with van der Waals surface area (Å²) in [5, 5.41) is 16.9. The number of hydrogen-bond acceptors (Lipinski definition) is 7. The second-order valence-corrected chi connectivity index (χ2v) is 6.36. The van der Waals surface area contributed by atoms with E-state index in [9.17, 15) is 0 Å². The molecule has 0 amide bonds. The van der Waals surface area contributed by atoms with Crippen LogP contribution in [0.2, 0.25) is 0 Å². The van der Waals surface area contributed by atoms with E-state index in [-0.39, 0.29) is 0 Å². The van der Waals surface area contributed by atoms with Crippen molar-refractivity contribution in [1.82, 2.24) is 20.3 Å². The van der Waals surface area contributed by atoms with Crippen LogP contribution in [0.3, 0.4) is 0 Å². The number of nitrogens with one attached hydrogen (secondary N) is 1. The highest BCUT2D eigenvalue weighted by Gasteiger charge is 2.15. The largest absolute Gasteiger partial charge is 0.477 e. The smallest absolute Gasteiger partial charge is 0.218 e. The molecule has 1 radical (unpaired) electrons. The molecule has 0 saturated carbocycles. The van der Waals surface area contributed by atoms with Crippen LogP contribution in [-0.2, 0) is 0 Å². The number of hydrogen-bond donors (Lipinski definition) is 1. The third-order valence-corrected chi connectivity index (χ3v) is 4.34. The van der Waals surface area contributed by atoms with Gasteiger partial charge in [-0.05, 0) is 25.7 Å². The van der Waals surface area contributed by atoms with E-state index in [4.69, 9.17) is 10.00 Å². The van der Waals surface area contributed by atoms with Crippen molar-refractivity contribution in [3.63, 3.8) is 0 Å². The summed E-state index contributed by atoms with van der Waals surface area (Å²) in [7, 11) is 0. The number of rotatable bonds is 5. The van der Waals surface area contributed by atoms with Crippen LogP contribution in [0.4, 0.5) is 10.9 Å². The molecule has 2 aromatic rings. The summed E-state index contributed by atoms with van der Waals surface area (Å²) in [5.74, 6) is 2.33. The van der Waals surface area contributed by atoms with Gasteiger partial charge in [0.05, 0.1) is 12.8 Å². The Morgan fingerprint density at radius 3 is 2.96 bits per heavy atom. The lowest BCUT2D eigenvalue weighted by Gasteiger charge is -2.21. The number of nitriles is 1. The minimum Gasteiger partial charge on any atom is -0.477 e. The lowest BCUT2D eigenvalue weighted by Crippen LogP contribution is -2.26. The molecule has 0 bridgehead atoms.